The number of benzene rings is 2. The first-order valence-corrected chi connectivity index (χ1v) is 9.41. The van der Waals surface area contributed by atoms with Gasteiger partial charge in [0.2, 0.25) is 0 Å². The van der Waals surface area contributed by atoms with Crippen LogP contribution in [0.15, 0.2) is 47.6 Å². The van der Waals surface area contributed by atoms with Gasteiger partial charge in [-0.25, -0.2) is 5.43 Å². The molecule has 2 aliphatic rings. The third-order valence-corrected chi connectivity index (χ3v) is 4.69. The fourth-order valence-electron chi connectivity index (χ4n) is 3.20. The lowest BCUT2D eigenvalue weighted by atomic mass is 10.1. The number of ether oxygens (including phenoxy) is 3. The summed E-state index contributed by atoms with van der Waals surface area (Å²) in [4.78, 5) is 14.7. The zero-order valence-corrected chi connectivity index (χ0v) is 15.6. The number of rotatable bonds is 5. The third-order valence-electron chi connectivity index (χ3n) is 4.69. The van der Waals surface area contributed by atoms with E-state index < -0.39 is 0 Å². The van der Waals surface area contributed by atoms with Crippen LogP contribution in [0.2, 0.25) is 0 Å². The highest BCUT2D eigenvalue weighted by Gasteiger charge is 2.14. The Hall–Kier alpha value is -2.90. The van der Waals surface area contributed by atoms with Gasteiger partial charge < -0.3 is 14.2 Å². The molecule has 28 heavy (non-hydrogen) atoms. The lowest BCUT2D eigenvalue weighted by molar-refractivity contribution is 0.0342. The van der Waals surface area contributed by atoms with Crippen molar-refractivity contribution in [1.82, 2.24) is 10.3 Å². The van der Waals surface area contributed by atoms with Gasteiger partial charge in [0.25, 0.3) is 5.91 Å². The standard InChI is InChI=1S/C21H23N3O4/c25-21(17-6-4-16(5-7-17)15-24-8-10-26-11-9-24)23-22-14-18-2-1-3-19-20(18)28-13-12-27-19/h1-7,14H,8-13,15H2,(H,23,25)/b22-14+. The molecular weight excluding hydrogens is 358 g/mol. The smallest absolute Gasteiger partial charge is 0.271 e. The van der Waals surface area contributed by atoms with Gasteiger partial charge in [0.15, 0.2) is 11.5 Å². The molecule has 1 amide bonds. The van der Waals surface area contributed by atoms with Crippen LogP contribution in [0.1, 0.15) is 21.5 Å². The molecule has 0 radical (unpaired) electrons. The van der Waals surface area contributed by atoms with Gasteiger partial charge in [-0.05, 0) is 29.8 Å². The number of carbonyl (C=O) groups is 1. The quantitative estimate of drug-likeness (QED) is 0.634. The largest absolute Gasteiger partial charge is 0.486 e. The maximum Gasteiger partial charge on any atom is 0.271 e. The van der Waals surface area contributed by atoms with Gasteiger partial charge in [0, 0.05) is 30.8 Å². The van der Waals surface area contributed by atoms with Crippen molar-refractivity contribution in [2.45, 2.75) is 6.54 Å². The Morgan fingerprint density at radius 1 is 1.04 bits per heavy atom. The molecule has 0 bridgehead atoms. The Balaban J connectivity index is 1.34. The van der Waals surface area contributed by atoms with Gasteiger partial charge in [-0.15, -0.1) is 0 Å². The molecule has 2 aliphatic heterocycles. The van der Waals surface area contributed by atoms with Crippen molar-refractivity contribution in [2.24, 2.45) is 5.10 Å². The first-order chi connectivity index (χ1) is 13.8. The normalized spacial score (nSPS) is 16.9. The van der Waals surface area contributed by atoms with E-state index in [0.29, 0.717) is 30.3 Å². The molecule has 7 nitrogen and oxygen atoms in total. The molecule has 1 N–H and O–H groups in total. The van der Waals surface area contributed by atoms with Crippen LogP contribution in [0.3, 0.4) is 0 Å². The van der Waals surface area contributed by atoms with Gasteiger partial charge >= 0.3 is 0 Å². The van der Waals surface area contributed by atoms with E-state index in [4.69, 9.17) is 14.2 Å². The second kappa shape index (κ2) is 8.86. The molecule has 0 unspecified atom stereocenters. The molecule has 0 aliphatic carbocycles. The SMILES string of the molecule is O=C(N/N=C/c1cccc2c1OCCO2)c1ccc(CN2CCOCC2)cc1. The zero-order valence-electron chi connectivity index (χ0n) is 15.6. The Morgan fingerprint density at radius 2 is 1.82 bits per heavy atom. The summed E-state index contributed by atoms with van der Waals surface area (Å²) in [7, 11) is 0. The van der Waals surface area contributed by atoms with Gasteiger partial charge in [0.05, 0.1) is 19.4 Å². The van der Waals surface area contributed by atoms with Crippen LogP contribution < -0.4 is 14.9 Å². The number of para-hydroxylation sites is 1. The fraction of sp³-hybridized carbons (Fsp3) is 0.333. The first-order valence-electron chi connectivity index (χ1n) is 9.41. The fourth-order valence-corrected chi connectivity index (χ4v) is 3.20. The molecule has 146 valence electrons. The zero-order chi connectivity index (χ0) is 19.2. The predicted molar refractivity (Wildman–Crippen MR) is 105 cm³/mol. The molecule has 2 aromatic rings. The van der Waals surface area contributed by atoms with Crippen LogP contribution in [0, 0.1) is 0 Å². The number of hydrogen-bond donors (Lipinski definition) is 1. The summed E-state index contributed by atoms with van der Waals surface area (Å²) in [5, 5.41) is 4.06. The van der Waals surface area contributed by atoms with Crippen molar-refractivity contribution < 1.29 is 19.0 Å². The monoisotopic (exact) mass is 381 g/mol. The van der Waals surface area contributed by atoms with E-state index in [1.165, 1.54) is 5.56 Å². The van der Waals surface area contributed by atoms with Crippen molar-refractivity contribution in [3.8, 4) is 11.5 Å². The molecule has 0 saturated carbocycles. The maximum atomic E-state index is 12.3. The number of morpholine rings is 1. The van der Waals surface area contributed by atoms with Gasteiger partial charge in [-0.3, -0.25) is 9.69 Å². The summed E-state index contributed by atoms with van der Waals surface area (Å²) in [5.41, 5.74) is 5.07. The van der Waals surface area contributed by atoms with E-state index in [1.807, 2.05) is 42.5 Å². The second-order valence-electron chi connectivity index (χ2n) is 6.66. The lowest BCUT2D eigenvalue weighted by Crippen LogP contribution is -2.35. The Kier molecular flexibility index (Phi) is 5.84. The lowest BCUT2D eigenvalue weighted by Gasteiger charge is -2.26. The highest BCUT2D eigenvalue weighted by atomic mass is 16.6. The predicted octanol–water partition coefficient (Wildman–Crippen LogP) is 2.05. The number of hydrogen-bond acceptors (Lipinski definition) is 6. The molecule has 2 heterocycles. The second-order valence-corrected chi connectivity index (χ2v) is 6.66. The average Bonchev–Trinajstić information content (AvgIpc) is 2.75. The van der Waals surface area contributed by atoms with Crippen LogP contribution in [-0.4, -0.2) is 56.5 Å². The molecular formula is C21H23N3O4. The van der Waals surface area contributed by atoms with Gasteiger partial charge in [-0.2, -0.15) is 5.10 Å². The van der Waals surface area contributed by atoms with Crippen molar-refractivity contribution in [1.29, 1.82) is 0 Å². The molecule has 4 rings (SSSR count). The topological polar surface area (TPSA) is 72.4 Å². The average molecular weight is 381 g/mol. The van der Waals surface area contributed by atoms with E-state index in [1.54, 1.807) is 6.21 Å². The molecule has 7 heteroatoms. The number of fused-ring (bicyclic) bond motifs is 1. The van der Waals surface area contributed by atoms with Crippen molar-refractivity contribution in [2.75, 3.05) is 39.5 Å². The number of amides is 1. The molecule has 0 atom stereocenters. The minimum absolute atomic E-state index is 0.254. The number of nitrogens with zero attached hydrogens (tertiary/aromatic N) is 2. The van der Waals surface area contributed by atoms with Crippen LogP contribution in [0.25, 0.3) is 0 Å². The summed E-state index contributed by atoms with van der Waals surface area (Å²) < 4.78 is 16.5. The number of hydrazone groups is 1. The molecule has 2 aromatic carbocycles. The molecule has 1 saturated heterocycles. The molecule has 0 aromatic heterocycles. The van der Waals surface area contributed by atoms with Crippen LogP contribution in [0.5, 0.6) is 11.5 Å². The highest BCUT2D eigenvalue weighted by molar-refractivity contribution is 5.95. The van der Waals surface area contributed by atoms with Crippen LogP contribution in [0.4, 0.5) is 0 Å². The molecule has 0 spiro atoms. The third kappa shape index (κ3) is 4.49. The van der Waals surface area contributed by atoms with Crippen molar-refractivity contribution >= 4 is 12.1 Å². The Labute approximate surface area is 163 Å². The minimum Gasteiger partial charge on any atom is -0.486 e. The summed E-state index contributed by atoms with van der Waals surface area (Å²) in [6.07, 6.45) is 1.57. The summed E-state index contributed by atoms with van der Waals surface area (Å²) in [5.74, 6) is 1.09. The van der Waals surface area contributed by atoms with Crippen molar-refractivity contribution in [3.05, 3.63) is 59.2 Å². The Morgan fingerprint density at radius 3 is 2.64 bits per heavy atom. The van der Waals surface area contributed by atoms with Crippen molar-refractivity contribution in [3.63, 3.8) is 0 Å². The number of carbonyl (C=O) groups excluding carboxylic acids is 1. The molecule has 1 fully saturated rings. The summed E-state index contributed by atoms with van der Waals surface area (Å²) in [6.45, 7) is 5.34. The van der Waals surface area contributed by atoms with E-state index >= 15 is 0 Å². The van der Waals surface area contributed by atoms with E-state index in [9.17, 15) is 4.79 Å². The van der Waals surface area contributed by atoms with E-state index in [2.05, 4.69) is 15.4 Å². The summed E-state index contributed by atoms with van der Waals surface area (Å²) >= 11 is 0. The van der Waals surface area contributed by atoms with Gasteiger partial charge in [0.1, 0.15) is 13.2 Å². The Bertz CT molecular complexity index is 845. The number of nitrogens with one attached hydrogen (secondary N) is 1. The maximum absolute atomic E-state index is 12.3. The first kappa shape index (κ1) is 18.5. The van der Waals surface area contributed by atoms with Crippen LogP contribution in [-0.2, 0) is 11.3 Å². The minimum atomic E-state index is -0.254. The summed E-state index contributed by atoms with van der Waals surface area (Å²) in [6, 6.07) is 13.2. The highest BCUT2D eigenvalue weighted by Crippen LogP contribution is 2.32. The van der Waals surface area contributed by atoms with Crippen LogP contribution >= 0.6 is 0 Å². The van der Waals surface area contributed by atoms with E-state index in [-0.39, 0.29) is 5.91 Å². The van der Waals surface area contributed by atoms with E-state index in [0.717, 1.165) is 38.4 Å². The van der Waals surface area contributed by atoms with Gasteiger partial charge in [-0.1, -0.05) is 18.2 Å².